The number of aliphatic hydroxyl groups is 10. The number of carbonyl (C=O) groups excluding carboxylic acids is 4. The van der Waals surface area contributed by atoms with E-state index in [1.165, 1.54) is 86.0 Å². The van der Waals surface area contributed by atoms with Crippen LogP contribution >= 0.6 is 0 Å². The van der Waals surface area contributed by atoms with E-state index in [4.69, 9.17) is 56.8 Å². The summed E-state index contributed by atoms with van der Waals surface area (Å²) in [6.45, 7) is -4.17. The van der Waals surface area contributed by atoms with Crippen molar-refractivity contribution in [2.45, 2.75) is 123 Å². The molecule has 28 heteroatoms. The maximum absolute atomic E-state index is 13.9. The monoisotopic (exact) mass is 1130 g/mol. The number of esters is 4. The molecule has 0 amide bonds. The van der Waals surface area contributed by atoms with Crippen molar-refractivity contribution in [1.82, 2.24) is 0 Å². The normalized spacial score (nSPS) is 34.5. The summed E-state index contributed by atoms with van der Waals surface area (Å²) in [5.41, 5.74) is 0.567. The summed E-state index contributed by atoms with van der Waals surface area (Å²) in [6.07, 6.45) is -33.2. The number of benzene rings is 3. The molecule has 4 heterocycles. The van der Waals surface area contributed by atoms with Crippen molar-refractivity contribution >= 4 is 36.0 Å². The SMILES string of the molecule is COc1cc(/C=C\C(=O)OC[C@@]2(O[C@H]3O[C@H](CO)[C@@H](OC(=O)/C=C\c4ccc(O)cc4)[C@H](O[C@@H]4O[C@@H](COC(C)=O)[C@@H](O)[C@H](O)[C@H]4O)[C@H]3O[C@@H]3O[C@@H](CO)[C@@H](O)[C@H](O)[C@H]3O)O[C@H](CO)[C@@H](O)[C@@H]2OC(=O)c2ccccc2)ccc1O. The van der Waals surface area contributed by atoms with E-state index in [0.717, 1.165) is 19.1 Å². The Morgan fingerprint density at radius 1 is 0.588 bits per heavy atom. The van der Waals surface area contributed by atoms with E-state index in [2.05, 4.69) is 0 Å². The molecule has 7 rings (SSSR count). The van der Waals surface area contributed by atoms with Crippen LogP contribution in [-0.2, 0) is 66.5 Å². The van der Waals surface area contributed by atoms with Crippen molar-refractivity contribution in [1.29, 1.82) is 0 Å². The number of phenolic OH excluding ortho intramolecular Hbond substituents is 2. The molecule has 0 radical (unpaired) electrons. The number of aromatic hydroxyl groups is 2. The molecule has 0 unspecified atom stereocenters. The molecule has 3 aromatic rings. The summed E-state index contributed by atoms with van der Waals surface area (Å²) in [7, 11) is 1.29. The van der Waals surface area contributed by atoms with Gasteiger partial charge in [-0.05, 0) is 59.7 Å². The summed E-state index contributed by atoms with van der Waals surface area (Å²) in [4.78, 5) is 53.3. The number of aliphatic hydroxyl groups excluding tert-OH is 10. The fourth-order valence-electron chi connectivity index (χ4n) is 8.87. The van der Waals surface area contributed by atoms with Gasteiger partial charge in [0.1, 0.15) is 98.3 Å². The molecule has 12 N–H and O–H groups in total. The van der Waals surface area contributed by atoms with Crippen LogP contribution in [0.2, 0.25) is 0 Å². The fraction of sp³-hybridized carbons (Fsp3) is 0.500. The summed E-state index contributed by atoms with van der Waals surface area (Å²) in [6, 6.07) is 16.7. The van der Waals surface area contributed by atoms with Gasteiger partial charge in [0.2, 0.25) is 5.79 Å². The Labute approximate surface area is 454 Å². The van der Waals surface area contributed by atoms with Crippen molar-refractivity contribution in [3.05, 3.63) is 102 Å². The molecule has 28 nitrogen and oxygen atoms in total. The Morgan fingerprint density at radius 3 is 1.79 bits per heavy atom. The Hall–Kier alpha value is -6.26. The average Bonchev–Trinajstić information content (AvgIpc) is 3.90. The Balaban J connectivity index is 1.36. The van der Waals surface area contributed by atoms with E-state index in [-0.39, 0.29) is 22.8 Å². The number of hydrogen-bond donors (Lipinski definition) is 12. The second kappa shape index (κ2) is 27.5. The van der Waals surface area contributed by atoms with Gasteiger partial charge in [0.15, 0.2) is 42.6 Å². The van der Waals surface area contributed by atoms with E-state index in [1.807, 2.05) is 0 Å². The van der Waals surface area contributed by atoms with Crippen LogP contribution in [-0.4, -0.2) is 242 Å². The van der Waals surface area contributed by atoms with Crippen LogP contribution in [0.4, 0.5) is 0 Å². The summed E-state index contributed by atoms with van der Waals surface area (Å²) in [5.74, 6) is -7.59. The topological polar surface area (TPSA) is 422 Å². The largest absolute Gasteiger partial charge is 0.508 e. The van der Waals surface area contributed by atoms with Crippen LogP contribution in [0.15, 0.2) is 84.9 Å². The van der Waals surface area contributed by atoms with Crippen molar-refractivity contribution in [2.24, 2.45) is 0 Å². The first-order valence-corrected chi connectivity index (χ1v) is 24.7. The van der Waals surface area contributed by atoms with Gasteiger partial charge in [-0.2, -0.15) is 0 Å². The van der Waals surface area contributed by atoms with Gasteiger partial charge >= 0.3 is 23.9 Å². The lowest BCUT2D eigenvalue weighted by atomic mass is 9.95. The number of hydrogen-bond acceptors (Lipinski definition) is 28. The van der Waals surface area contributed by atoms with Gasteiger partial charge in [0.25, 0.3) is 0 Å². The molecule has 0 aliphatic carbocycles. The van der Waals surface area contributed by atoms with E-state index in [1.54, 1.807) is 6.07 Å². The highest BCUT2D eigenvalue weighted by Crippen LogP contribution is 2.42. The smallest absolute Gasteiger partial charge is 0.338 e. The van der Waals surface area contributed by atoms with Crippen LogP contribution in [0.1, 0.15) is 28.4 Å². The molecule has 0 aromatic heterocycles. The molecule has 4 saturated heterocycles. The molecule has 438 valence electrons. The Bertz CT molecular complexity index is 2600. The maximum atomic E-state index is 13.9. The molecular weight excluding hydrogens is 1070 g/mol. The van der Waals surface area contributed by atoms with Gasteiger partial charge < -0.3 is 118 Å². The van der Waals surface area contributed by atoms with Crippen LogP contribution in [0, 0.1) is 0 Å². The lowest BCUT2D eigenvalue weighted by Crippen LogP contribution is -2.69. The minimum atomic E-state index is -2.90. The molecule has 4 aliphatic rings. The zero-order valence-corrected chi connectivity index (χ0v) is 42.6. The van der Waals surface area contributed by atoms with Crippen molar-refractivity contribution in [2.75, 3.05) is 40.1 Å². The van der Waals surface area contributed by atoms with Crippen molar-refractivity contribution < 1.29 is 137 Å². The molecule has 0 spiro atoms. The maximum Gasteiger partial charge on any atom is 0.338 e. The molecular formula is C52H62O28. The molecule has 19 atom stereocenters. The molecule has 80 heavy (non-hydrogen) atoms. The number of ether oxygens (including phenoxy) is 12. The van der Waals surface area contributed by atoms with Crippen molar-refractivity contribution in [3.63, 3.8) is 0 Å². The van der Waals surface area contributed by atoms with Gasteiger partial charge in [0.05, 0.1) is 32.5 Å². The van der Waals surface area contributed by atoms with Crippen LogP contribution in [0.5, 0.6) is 17.2 Å². The third kappa shape index (κ3) is 14.4. The minimum absolute atomic E-state index is 0.0402. The Morgan fingerprint density at radius 2 is 1.16 bits per heavy atom. The molecule has 4 aliphatic heterocycles. The van der Waals surface area contributed by atoms with Gasteiger partial charge in [-0.25, -0.2) is 14.4 Å². The fourth-order valence-corrected chi connectivity index (χ4v) is 8.87. The third-order valence-corrected chi connectivity index (χ3v) is 13.1. The summed E-state index contributed by atoms with van der Waals surface area (Å²) >= 11 is 0. The zero-order chi connectivity index (χ0) is 58.0. The average molecular weight is 1140 g/mol. The zero-order valence-electron chi connectivity index (χ0n) is 42.6. The van der Waals surface area contributed by atoms with E-state index < -0.39 is 173 Å². The van der Waals surface area contributed by atoms with Gasteiger partial charge in [-0.15, -0.1) is 0 Å². The van der Waals surface area contributed by atoms with Gasteiger partial charge in [0, 0.05) is 19.1 Å². The van der Waals surface area contributed by atoms with E-state index >= 15 is 0 Å². The standard InChI is InChI=1S/C52H62O28/c1-24(56)70-22-34-38(62)41(65)43(67)50(74-34)76-45-44(75-36(60)17-11-25-8-13-28(57)14-9-25)33(21-55)73-51(46(45)77-49-42(66)40(64)37(61)31(19-53)72-49)80-52(23-71-35(59)16-12-26-10-15-29(58)30(18-26)69-2)47(39(63)32(20-54)79-52)78-48(68)27-6-4-3-5-7-27/h3-18,31-34,37-47,49-51,53-55,57-58,61-67H,19-23H2,1-2H3/b16-12-,17-11-/t31-,32+,33+,34-,37+,38+,39+,40-,41-,42+,43+,44+,45-,46+,47-,49-,50-,51+,52-/m0/s1. The Kier molecular flexibility index (Phi) is 21.1. The second-order valence-electron chi connectivity index (χ2n) is 18.6. The van der Waals surface area contributed by atoms with E-state index in [9.17, 15) is 80.5 Å². The molecule has 4 fully saturated rings. The summed E-state index contributed by atoms with van der Waals surface area (Å²) < 4.78 is 70.4. The highest BCUT2D eigenvalue weighted by Gasteiger charge is 2.64. The van der Waals surface area contributed by atoms with Gasteiger partial charge in [-0.1, -0.05) is 36.4 Å². The first-order valence-electron chi connectivity index (χ1n) is 24.7. The van der Waals surface area contributed by atoms with Crippen LogP contribution in [0.3, 0.4) is 0 Å². The first kappa shape index (κ1) is 61.4. The van der Waals surface area contributed by atoms with Crippen LogP contribution in [0.25, 0.3) is 12.2 Å². The quantitative estimate of drug-likeness (QED) is 0.0281. The highest BCUT2D eigenvalue weighted by atomic mass is 16.8. The summed E-state index contributed by atoms with van der Waals surface area (Å²) in [5, 5.41) is 130. The number of phenols is 2. The van der Waals surface area contributed by atoms with E-state index in [0.29, 0.717) is 11.1 Å². The lowest BCUT2D eigenvalue weighted by molar-refractivity contribution is -0.421. The first-order chi connectivity index (χ1) is 38.2. The molecule has 0 bridgehead atoms. The van der Waals surface area contributed by atoms with Crippen molar-refractivity contribution in [3.8, 4) is 17.2 Å². The van der Waals surface area contributed by atoms with Crippen LogP contribution < -0.4 is 4.74 Å². The molecule has 3 aromatic carbocycles. The predicted octanol–water partition coefficient (Wildman–Crippen LogP) is -3.36. The lowest BCUT2D eigenvalue weighted by Gasteiger charge is -2.50. The van der Waals surface area contributed by atoms with Gasteiger partial charge in [-0.3, -0.25) is 4.79 Å². The minimum Gasteiger partial charge on any atom is -0.508 e. The number of carbonyl (C=O) groups is 4. The second-order valence-corrected chi connectivity index (χ2v) is 18.6. The number of rotatable bonds is 21. The highest BCUT2D eigenvalue weighted by molar-refractivity contribution is 5.90. The molecule has 0 saturated carbocycles. The number of methoxy groups -OCH3 is 1. The third-order valence-electron chi connectivity index (χ3n) is 13.1. The predicted molar refractivity (Wildman–Crippen MR) is 262 cm³/mol.